The Morgan fingerprint density at radius 3 is 2.21 bits per heavy atom. The van der Waals surface area contributed by atoms with E-state index in [0.717, 1.165) is 11.8 Å². The van der Waals surface area contributed by atoms with Crippen LogP contribution in [0.2, 0.25) is 0 Å². The minimum atomic E-state index is -4.16. The second kappa shape index (κ2) is 8.48. The second-order valence-electron chi connectivity index (χ2n) is 5.45. The monoisotopic (exact) mass is 366 g/mol. The van der Waals surface area contributed by atoms with Crippen LogP contribution in [0.3, 0.4) is 0 Å². The second-order valence-corrected chi connectivity index (χ2v) is 7.20. The number of carbonyl (C=O) groups is 1. The van der Waals surface area contributed by atoms with Crippen molar-refractivity contribution in [3.05, 3.63) is 35.4 Å². The first-order valence-electron chi connectivity index (χ1n) is 7.40. The maximum absolute atomic E-state index is 12.2. The molecule has 0 atom stereocenters. The van der Waals surface area contributed by atoms with E-state index in [2.05, 4.69) is 0 Å². The Hall–Kier alpha value is -1.61. The Morgan fingerprint density at radius 2 is 1.75 bits per heavy atom. The number of benzene rings is 1. The molecule has 1 aromatic carbocycles. The SMILES string of the molecule is CCN(CCc1ccc(C(=O)NS(C)(=O)=O)cc1)CCC(F)(F)F. The molecule has 24 heavy (non-hydrogen) atoms. The van der Waals surface area contributed by atoms with Crippen molar-refractivity contribution in [1.82, 2.24) is 9.62 Å². The Bertz CT molecular complexity index is 643. The van der Waals surface area contributed by atoms with Crippen molar-refractivity contribution in [2.75, 3.05) is 25.9 Å². The molecule has 1 N–H and O–H groups in total. The van der Waals surface area contributed by atoms with Crippen molar-refractivity contribution in [1.29, 1.82) is 0 Å². The lowest BCUT2D eigenvalue weighted by Gasteiger charge is -2.21. The third-order valence-corrected chi connectivity index (χ3v) is 3.93. The topological polar surface area (TPSA) is 66.5 Å². The van der Waals surface area contributed by atoms with Crippen LogP contribution in [0.25, 0.3) is 0 Å². The summed E-state index contributed by atoms with van der Waals surface area (Å²) in [6.07, 6.45) is -3.58. The van der Waals surface area contributed by atoms with Crippen LogP contribution < -0.4 is 4.72 Å². The average molecular weight is 366 g/mol. The summed E-state index contributed by atoms with van der Waals surface area (Å²) in [5, 5.41) is 0. The van der Waals surface area contributed by atoms with Gasteiger partial charge in [-0.3, -0.25) is 4.79 Å². The quantitative estimate of drug-likeness (QED) is 0.766. The van der Waals surface area contributed by atoms with Crippen LogP contribution in [0.5, 0.6) is 0 Å². The highest BCUT2D eigenvalue weighted by Gasteiger charge is 2.27. The number of nitrogens with zero attached hydrogens (tertiary/aromatic N) is 1. The largest absolute Gasteiger partial charge is 0.390 e. The zero-order chi connectivity index (χ0) is 18.4. The van der Waals surface area contributed by atoms with Gasteiger partial charge in [-0.1, -0.05) is 19.1 Å². The summed E-state index contributed by atoms with van der Waals surface area (Å²) in [7, 11) is -3.62. The summed E-state index contributed by atoms with van der Waals surface area (Å²) in [5.41, 5.74) is 1.06. The van der Waals surface area contributed by atoms with Crippen LogP contribution in [0.4, 0.5) is 13.2 Å². The Labute approximate surface area is 139 Å². The van der Waals surface area contributed by atoms with Crippen LogP contribution >= 0.6 is 0 Å². The van der Waals surface area contributed by atoms with Gasteiger partial charge in [-0.05, 0) is 30.7 Å². The van der Waals surface area contributed by atoms with Crippen molar-refractivity contribution >= 4 is 15.9 Å². The zero-order valence-corrected chi connectivity index (χ0v) is 14.4. The summed E-state index contributed by atoms with van der Waals surface area (Å²) < 4.78 is 60.6. The molecule has 0 bridgehead atoms. The van der Waals surface area contributed by atoms with E-state index in [1.54, 1.807) is 24.0 Å². The van der Waals surface area contributed by atoms with Crippen LogP contribution in [0, 0.1) is 0 Å². The average Bonchev–Trinajstić information content (AvgIpc) is 2.45. The highest BCUT2D eigenvalue weighted by Crippen LogP contribution is 2.19. The van der Waals surface area contributed by atoms with E-state index in [0.29, 0.717) is 19.5 Å². The number of hydrogen-bond donors (Lipinski definition) is 1. The molecule has 0 aliphatic heterocycles. The molecule has 136 valence electrons. The first-order chi connectivity index (χ1) is 11.0. The van der Waals surface area contributed by atoms with E-state index in [4.69, 9.17) is 0 Å². The molecule has 0 heterocycles. The predicted molar refractivity (Wildman–Crippen MR) is 85.2 cm³/mol. The van der Waals surface area contributed by atoms with Gasteiger partial charge in [0.1, 0.15) is 0 Å². The fourth-order valence-corrected chi connectivity index (χ4v) is 2.50. The summed E-state index contributed by atoms with van der Waals surface area (Å²) in [6.45, 7) is 2.75. The number of hydrogen-bond acceptors (Lipinski definition) is 4. The number of alkyl halides is 3. The van der Waals surface area contributed by atoms with Crippen molar-refractivity contribution < 1.29 is 26.4 Å². The molecule has 1 amide bonds. The van der Waals surface area contributed by atoms with Crippen LogP contribution in [-0.2, 0) is 16.4 Å². The lowest BCUT2D eigenvalue weighted by Crippen LogP contribution is -2.30. The van der Waals surface area contributed by atoms with Gasteiger partial charge in [0.05, 0.1) is 12.7 Å². The number of likely N-dealkylation sites (N-methyl/N-ethyl adjacent to an activating group) is 1. The molecule has 1 rings (SSSR count). The first-order valence-corrected chi connectivity index (χ1v) is 9.29. The molecule has 0 fully saturated rings. The van der Waals surface area contributed by atoms with Crippen molar-refractivity contribution in [2.24, 2.45) is 0 Å². The molecule has 0 aliphatic rings. The fraction of sp³-hybridized carbons (Fsp3) is 0.533. The molecular formula is C15H21F3N2O3S. The van der Waals surface area contributed by atoms with Crippen molar-refractivity contribution in [2.45, 2.75) is 25.9 Å². The smallest absolute Gasteiger partial charge is 0.303 e. The van der Waals surface area contributed by atoms with Crippen LogP contribution in [-0.4, -0.2) is 51.3 Å². The fourth-order valence-electron chi connectivity index (χ4n) is 2.05. The molecule has 0 unspecified atom stereocenters. The maximum Gasteiger partial charge on any atom is 0.390 e. The number of carbonyl (C=O) groups excluding carboxylic acids is 1. The minimum absolute atomic E-state index is 0.0468. The lowest BCUT2D eigenvalue weighted by atomic mass is 10.1. The highest BCUT2D eigenvalue weighted by atomic mass is 32.2. The summed E-state index contributed by atoms with van der Waals surface area (Å²) in [4.78, 5) is 13.4. The van der Waals surface area contributed by atoms with Gasteiger partial charge >= 0.3 is 6.18 Å². The zero-order valence-electron chi connectivity index (χ0n) is 13.6. The Morgan fingerprint density at radius 1 is 1.17 bits per heavy atom. The molecule has 1 aromatic rings. The van der Waals surface area contributed by atoms with Gasteiger partial charge in [-0.15, -0.1) is 0 Å². The van der Waals surface area contributed by atoms with E-state index < -0.39 is 28.5 Å². The van der Waals surface area contributed by atoms with Gasteiger partial charge in [0.25, 0.3) is 5.91 Å². The van der Waals surface area contributed by atoms with Gasteiger partial charge in [0.15, 0.2) is 0 Å². The summed E-state index contributed by atoms with van der Waals surface area (Å²) in [5.74, 6) is -0.718. The van der Waals surface area contributed by atoms with Crippen LogP contribution in [0.1, 0.15) is 29.3 Å². The van der Waals surface area contributed by atoms with Gasteiger partial charge in [-0.25, -0.2) is 13.1 Å². The molecule has 0 aromatic heterocycles. The third kappa shape index (κ3) is 8.30. The van der Waals surface area contributed by atoms with E-state index in [9.17, 15) is 26.4 Å². The molecule has 0 spiro atoms. The number of nitrogens with one attached hydrogen (secondary N) is 1. The van der Waals surface area contributed by atoms with Crippen LogP contribution in [0.15, 0.2) is 24.3 Å². The van der Waals surface area contributed by atoms with E-state index in [-0.39, 0.29) is 12.1 Å². The first kappa shape index (κ1) is 20.4. The molecular weight excluding hydrogens is 345 g/mol. The third-order valence-electron chi connectivity index (χ3n) is 3.37. The molecule has 0 radical (unpaired) electrons. The highest BCUT2D eigenvalue weighted by molar-refractivity contribution is 7.89. The van der Waals surface area contributed by atoms with E-state index in [1.807, 2.05) is 4.72 Å². The summed E-state index contributed by atoms with van der Waals surface area (Å²) in [6, 6.07) is 6.30. The Balaban J connectivity index is 2.56. The minimum Gasteiger partial charge on any atom is -0.303 e. The van der Waals surface area contributed by atoms with Crippen molar-refractivity contribution in [3.8, 4) is 0 Å². The molecule has 5 nitrogen and oxygen atoms in total. The summed E-state index contributed by atoms with van der Waals surface area (Å²) >= 11 is 0. The van der Waals surface area contributed by atoms with E-state index >= 15 is 0 Å². The number of rotatable bonds is 8. The predicted octanol–water partition coefficient (Wildman–Crippen LogP) is 2.19. The Kier molecular flexibility index (Phi) is 7.22. The number of sulfonamides is 1. The molecule has 0 aliphatic carbocycles. The molecule has 9 heteroatoms. The number of amides is 1. The normalized spacial score (nSPS) is 12.4. The molecule has 0 saturated heterocycles. The molecule has 0 saturated carbocycles. The van der Waals surface area contributed by atoms with Crippen molar-refractivity contribution in [3.63, 3.8) is 0 Å². The van der Waals surface area contributed by atoms with E-state index in [1.165, 1.54) is 12.1 Å². The van der Waals surface area contributed by atoms with Gasteiger partial charge in [0.2, 0.25) is 10.0 Å². The lowest BCUT2D eigenvalue weighted by molar-refractivity contribution is -0.137. The standard InChI is InChI=1S/C15H21F3N2O3S/c1-3-20(11-9-15(16,17)18)10-8-12-4-6-13(7-5-12)14(21)19-24(2,22)23/h4-7H,3,8-11H2,1-2H3,(H,19,21). The van der Waals surface area contributed by atoms with Gasteiger partial charge < -0.3 is 4.90 Å². The van der Waals surface area contributed by atoms with Gasteiger partial charge in [-0.2, -0.15) is 13.2 Å². The maximum atomic E-state index is 12.2. The van der Waals surface area contributed by atoms with Gasteiger partial charge in [0, 0.05) is 18.7 Å². The number of halogens is 3.